The normalized spacial score (nSPS) is 12.8. The van der Waals surface area contributed by atoms with Gasteiger partial charge in [-0.1, -0.05) is 30.3 Å². The van der Waals surface area contributed by atoms with Gasteiger partial charge in [-0.25, -0.2) is 18.6 Å². The Bertz CT molecular complexity index is 475. The number of halogens is 1. The van der Waals surface area contributed by atoms with Crippen LogP contribution in [-0.2, 0) is 13.0 Å². The van der Waals surface area contributed by atoms with E-state index in [0.29, 0.717) is 0 Å². The smallest absolute Gasteiger partial charge is 0.186 e. The van der Waals surface area contributed by atoms with Gasteiger partial charge < -0.3 is 0 Å². The molecule has 2 aromatic rings. The molecule has 1 aromatic heterocycles. The van der Waals surface area contributed by atoms with E-state index in [4.69, 9.17) is 18.6 Å². The van der Waals surface area contributed by atoms with Crippen LogP contribution in [0.15, 0.2) is 48.7 Å². The molecule has 6 heteroatoms. The first-order chi connectivity index (χ1) is 8.93. The number of hydrogen-bond donors (Lipinski definition) is 0. The highest BCUT2D eigenvalue weighted by Gasteiger charge is 2.19. The van der Waals surface area contributed by atoms with Gasteiger partial charge in [-0.05, 0) is 5.56 Å². The zero-order chi connectivity index (χ0) is 13.9. The average molecular weight is 282 g/mol. The van der Waals surface area contributed by atoms with Crippen molar-refractivity contribution in [3.63, 3.8) is 0 Å². The summed E-state index contributed by atoms with van der Waals surface area (Å²) in [6.07, 6.45) is 3.22. The Morgan fingerprint density at radius 3 is 2.11 bits per heavy atom. The second-order valence-corrected chi connectivity index (χ2v) is 4.90. The first-order valence-corrected chi connectivity index (χ1v) is 6.83. The van der Waals surface area contributed by atoms with Gasteiger partial charge in [-0.3, -0.25) is 0 Å². The lowest BCUT2D eigenvalue weighted by molar-refractivity contribution is -2.00. The van der Waals surface area contributed by atoms with Gasteiger partial charge in [0.25, 0.3) is 0 Å². The summed E-state index contributed by atoms with van der Waals surface area (Å²) < 4.78 is 36.3. The maximum absolute atomic E-state index is 8.49. The van der Waals surface area contributed by atoms with E-state index in [-0.39, 0.29) is 0 Å². The van der Waals surface area contributed by atoms with Gasteiger partial charge in [0.15, 0.2) is 18.4 Å². The molecule has 0 radical (unpaired) electrons. The van der Waals surface area contributed by atoms with Gasteiger partial charge in [-0.15, -0.1) is 10.2 Å². The minimum absolute atomic E-state index is 1.02. The summed E-state index contributed by atoms with van der Waals surface area (Å²) in [5.41, 5.74) is 4.33. The number of rotatable bonds is 0. The molecule has 5 nitrogen and oxygen atoms in total. The van der Waals surface area contributed by atoms with Crippen LogP contribution in [0.4, 0.5) is 0 Å². The number of pyridine rings is 1. The Morgan fingerprint density at radius 1 is 0.842 bits per heavy atom. The molecule has 1 aromatic carbocycles. The molecule has 0 unspecified atom stereocenters. The number of hydrogen-bond acceptors (Lipinski definition) is 4. The molecule has 19 heavy (non-hydrogen) atoms. The van der Waals surface area contributed by atoms with E-state index in [1.807, 2.05) is 0 Å². The first kappa shape index (κ1) is 13.9. The molecule has 2 heterocycles. The summed E-state index contributed by atoms with van der Waals surface area (Å²) in [5, 5.41) is 0. The summed E-state index contributed by atoms with van der Waals surface area (Å²) in [4.78, 5) is 0. The van der Waals surface area contributed by atoms with E-state index >= 15 is 0 Å². The molecule has 0 amide bonds. The van der Waals surface area contributed by atoms with Crippen LogP contribution < -0.4 is 23.2 Å². The molecule has 0 fully saturated rings. The number of nitrogens with zero attached hydrogens (tertiary/aromatic N) is 1. The third kappa shape index (κ3) is 4.27. The number of fused-ring (bicyclic) bond motifs is 2. The van der Waals surface area contributed by atoms with Crippen LogP contribution in [-0.4, -0.2) is 0 Å². The second kappa shape index (κ2) is 5.64. The standard InChI is InChI=1S/C13H12N.ClHO4/c1-2-6-12-10-14-8-4-3-7-13(14)9-11(12)5-1;2-1(3,4)5/h1-8H,9-10H2;(H,2,3,4,5)/q+1;/p-1. The molecular formula is C13H12ClNO4. The summed E-state index contributed by atoms with van der Waals surface area (Å²) >= 11 is 0. The lowest BCUT2D eigenvalue weighted by Crippen LogP contribution is -2.68. The topological polar surface area (TPSA) is 96.1 Å². The highest BCUT2D eigenvalue weighted by Crippen LogP contribution is 2.16. The van der Waals surface area contributed by atoms with E-state index < -0.39 is 10.2 Å². The summed E-state index contributed by atoms with van der Waals surface area (Å²) in [5.74, 6) is 0. The van der Waals surface area contributed by atoms with Crippen molar-refractivity contribution in [1.29, 1.82) is 0 Å². The first-order valence-electron chi connectivity index (χ1n) is 5.59. The minimum Gasteiger partial charge on any atom is -0.222 e. The van der Waals surface area contributed by atoms with Crippen molar-refractivity contribution in [3.8, 4) is 0 Å². The molecule has 1 aliphatic heterocycles. The van der Waals surface area contributed by atoms with Crippen LogP contribution in [0.1, 0.15) is 16.8 Å². The van der Waals surface area contributed by atoms with Gasteiger partial charge in [-0.2, -0.15) is 4.57 Å². The fourth-order valence-electron chi connectivity index (χ4n) is 2.09. The molecule has 3 rings (SSSR count). The maximum atomic E-state index is 8.49. The molecule has 0 saturated carbocycles. The van der Waals surface area contributed by atoms with Crippen molar-refractivity contribution in [1.82, 2.24) is 0 Å². The summed E-state index contributed by atoms with van der Waals surface area (Å²) in [6.45, 7) is 1.02. The molecule has 0 bridgehead atoms. The van der Waals surface area contributed by atoms with Gasteiger partial charge in [0.05, 0.1) is 6.42 Å². The second-order valence-electron chi connectivity index (χ2n) is 4.14. The molecule has 0 saturated heterocycles. The van der Waals surface area contributed by atoms with Crippen LogP contribution in [0.3, 0.4) is 0 Å². The largest absolute Gasteiger partial charge is 0.222 e. The Morgan fingerprint density at radius 2 is 1.42 bits per heavy atom. The van der Waals surface area contributed by atoms with Crippen LogP contribution in [0.5, 0.6) is 0 Å². The zero-order valence-corrected chi connectivity index (χ0v) is 10.7. The Balaban J connectivity index is 0.000000232. The molecule has 100 valence electrons. The molecule has 0 atom stereocenters. The third-order valence-electron chi connectivity index (χ3n) is 2.87. The van der Waals surface area contributed by atoms with E-state index in [1.165, 1.54) is 16.8 Å². The average Bonchev–Trinajstić information content (AvgIpc) is 2.34. The van der Waals surface area contributed by atoms with Crippen LogP contribution in [0.25, 0.3) is 0 Å². The summed E-state index contributed by atoms with van der Waals surface area (Å²) in [6, 6.07) is 15.1. The quantitative estimate of drug-likeness (QED) is 0.415. The fraction of sp³-hybridized carbons (Fsp3) is 0.154. The number of aromatic nitrogens is 1. The Labute approximate surface area is 112 Å². The van der Waals surface area contributed by atoms with Crippen molar-refractivity contribution in [2.75, 3.05) is 0 Å². The molecule has 1 aliphatic rings. The lowest BCUT2D eigenvalue weighted by Gasteiger charge is -2.17. The van der Waals surface area contributed by atoms with Crippen molar-refractivity contribution in [2.45, 2.75) is 13.0 Å². The van der Waals surface area contributed by atoms with Crippen LogP contribution in [0.2, 0.25) is 0 Å². The van der Waals surface area contributed by atoms with E-state index in [9.17, 15) is 0 Å². The van der Waals surface area contributed by atoms with Crippen molar-refractivity contribution >= 4 is 0 Å². The molecule has 0 N–H and O–H groups in total. The van der Waals surface area contributed by atoms with Crippen molar-refractivity contribution in [2.24, 2.45) is 0 Å². The molecule has 0 aliphatic carbocycles. The van der Waals surface area contributed by atoms with E-state index in [1.54, 1.807) is 0 Å². The van der Waals surface area contributed by atoms with Gasteiger partial charge in [0.2, 0.25) is 0 Å². The Kier molecular flexibility index (Phi) is 4.14. The minimum atomic E-state index is -4.94. The van der Waals surface area contributed by atoms with Gasteiger partial charge in [0.1, 0.15) is 0 Å². The van der Waals surface area contributed by atoms with Crippen LogP contribution in [0, 0.1) is 10.2 Å². The monoisotopic (exact) mass is 281 g/mol. The van der Waals surface area contributed by atoms with Gasteiger partial charge >= 0.3 is 0 Å². The molecular weight excluding hydrogens is 270 g/mol. The van der Waals surface area contributed by atoms with E-state index in [0.717, 1.165) is 13.0 Å². The third-order valence-corrected chi connectivity index (χ3v) is 2.87. The maximum Gasteiger partial charge on any atom is 0.186 e. The van der Waals surface area contributed by atoms with Crippen molar-refractivity contribution < 1.29 is 33.4 Å². The summed E-state index contributed by atoms with van der Waals surface area (Å²) in [7, 11) is -4.94. The van der Waals surface area contributed by atoms with Crippen molar-refractivity contribution in [3.05, 3.63) is 65.5 Å². The number of benzene rings is 1. The highest BCUT2D eigenvalue weighted by molar-refractivity contribution is 5.30. The van der Waals surface area contributed by atoms with Gasteiger partial charge in [0, 0.05) is 17.7 Å². The predicted octanol–water partition coefficient (Wildman–Crippen LogP) is -2.83. The van der Waals surface area contributed by atoms with Crippen LogP contribution >= 0.6 is 0 Å². The highest BCUT2D eigenvalue weighted by atomic mass is 35.7. The lowest BCUT2D eigenvalue weighted by atomic mass is 9.99. The molecule has 0 spiro atoms. The zero-order valence-electron chi connectivity index (χ0n) is 9.99. The predicted molar refractivity (Wildman–Crippen MR) is 55.0 cm³/mol. The SMILES string of the molecule is [O-][Cl+3]([O-])([O-])[O-].c1ccc2c(c1)Cc1cccc[n+]1C2. The fourth-order valence-corrected chi connectivity index (χ4v) is 2.09. The Hall–Kier alpha value is -1.50. The van der Waals surface area contributed by atoms with E-state index in [2.05, 4.69) is 53.2 Å².